The number of fused-ring (bicyclic) bond motifs is 1. The SMILES string of the molecule is CSc1nc(NCc2ccccc2)c2cc[nH]c2n1. The summed E-state index contributed by atoms with van der Waals surface area (Å²) in [5, 5.41) is 5.17. The maximum atomic E-state index is 4.53. The summed E-state index contributed by atoms with van der Waals surface area (Å²) < 4.78 is 0. The van der Waals surface area contributed by atoms with E-state index in [9.17, 15) is 0 Å². The number of benzene rings is 1. The highest BCUT2D eigenvalue weighted by Crippen LogP contribution is 2.22. The standard InChI is InChI=1S/C14H14N4S/c1-19-14-17-12-11(7-8-15-12)13(18-14)16-9-10-5-3-2-4-6-10/h2-8H,9H2,1H3,(H2,15,16,17,18). The Morgan fingerprint density at radius 2 is 2.00 bits per heavy atom. The Kier molecular flexibility index (Phi) is 3.37. The van der Waals surface area contributed by atoms with Crippen LogP contribution in [0.1, 0.15) is 5.56 Å². The normalized spacial score (nSPS) is 10.8. The number of hydrogen-bond donors (Lipinski definition) is 2. The number of nitrogens with zero attached hydrogens (tertiary/aromatic N) is 2. The van der Waals surface area contributed by atoms with Crippen molar-refractivity contribution < 1.29 is 0 Å². The van der Waals surface area contributed by atoms with Gasteiger partial charge in [-0.25, -0.2) is 9.97 Å². The average Bonchev–Trinajstić information content (AvgIpc) is 2.94. The first-order valence-electron chi connectivity index (χ1n) is 6.04. The Hall–Kier alpha value is -2.01. The van der Waals surface area contributed by atoms with Crippen LogP contribution in [0.2, 0.25) is 0 Å². The highest BCUT2D eigenvalue weighted by Gasteiger charge is 2.07. The van der Waals surface area contributed by atoms with Gasteiger partial charge in [0.1, 0.15) is 11.5 Å². The van der Waals surface area contributed by atoms with Crippen LogP contribution in [-0.2, 0) is 6.54 Å². The zero-order chi connectivity index (χ0) is 13.1. The summed E-state index contributed by atoms with van der Waals surface area (Å²) in [6.45, 7) is 0.756. The van der Waals surface area contributed by atoms with Crippen LogP contribution >= 0.6 is 11.8 Å². The first kappa shape index (κ1) is 12.0. The summed E-state index contributed by atoms with van der Waals surface area (Å²) in [7, 11) is 0. The molecule has 2 heterocycles. The number of anilines is 1. The van der Waals surface area contributed by atoms with Gasteiger partial charge < -0.3 is 10.3 Å². The van der Waals surface area contributed by atoms with Crippen LogP contribution in [0.15, 0.2) is 47.8 Å². The van der Waals surface area contributed by atoms with Crippen molar-refractivity contribution in [2.45, 2.75) is 11.7 Å². The van der Waals surface area contributed by atoms with Gasteiger partial charge in [-0.3, -0.25) is 0 Å². The van der Waals surface area contributed by atoms with Crippen molar-refractivity contribution in [1.82, 2.24) is 15.0 Å². The van der Waals surface area contributed by atoms with Crippen LogP contribution in [0, 0.1) is 0 Å². The van der Waals surface area contributed by atoms with E-state index in [-0.39, 0.29) is 0 Å². The van der Waals surface area contributed by atoms with Crippen LogP contribution in [0.5, 0.6) is 0 Å². The van der Waals surface area contributed by atoms with E-state index >= 15 is 0 Å². The minimum atomic E-state index is 0.756. The molecule has 2 aromatic heterocycles. The Morgan fingerprint density at radius 3 is 2.79 bits per heavy atom. The first-order valence-corrected chi connectivity index (χ1v) is 7.26. The average molecular weight is 270 g/mol. The van der Waals surface area contributed by atoms with Gasteiger partial charge in [0.25, 0.3) is 0 Å². The molecular weight excluding hydrogens is 256 g/mol. The molecule has 4 nitrogen and oxygen atoms in total. The van der Waals surface area contributed by atoms with E-state index in [0.717, 1.165) is 28.6 Å². The van der Waals surface area contributed by atoms with E-state index in [1.807, 2.05) is 36.7 Å². The lowest BCUT2D eigenvalue weighted by Gasteiger charge is -2.08. The van der Waals surface area contributed by atoms with E-state index in [2.05, 4.69) is 32.4 Å². The summed E-state index contributed by atoms with van der Waals surface area (Å²) in [5.74, 6) is 0.874. The van der Waals surface area contributed by atoms with Crippen LogP contribution in [0.4, 0.5) is 5.82 Å². The third kappa shape index (κ3) is 2.56. The summed E-state index contributed by atoms with van der Waals surface area (Å²) in [5.41, 5.74) is 2.10. The molecule has 2 N–H and O–H groups in total. The van der Waals surface area contributed by atoms with Crippen LogP contribution < -0.4 is 5.32 Å². The van der Waals surface area contributed by atoms with Gasteiger partial charge in [0.2, 0.25) is 0 Å². The van der Waals surface area contributed by atoms with Gasteiger partial charge in [-0.2, -0.15) is 0 Å². The second-order valence-electron chi connectivity index (χ2n) is 4.14. The molecule has 3 rings (SSSR count). The molecule has 0 saturated heterocycles. The fourth-order valence-corrected chi connectivity index (χ4v) is 2.29. The summed E-state index contributed by atoms with van der Waals surface area (Å²) in [6, 6.07) is 12.3. The number of hydrogen-bond acceptors (Lipinski definition) is 4. The molecule has 5 heteroatoms. The quantitative estimate of drug-likeness (QED) is 0.564. The molecular formula is C14H14N4S. The molecule has 19 heavy (non-hydrogen) atoms. The number of aromatic nitrogens is 3. The van der Waals surface area contributed by atoms with Crippen LogP contribution in [0.25, 0.3) is 11.0 Å². The molecule has 0 bridgehead atoms. The summed E-state index contributed by atoms with van der Waals surface area (Å²) >= 11 is 1.54. The Balaban J connectivity index is 1.89. The van der Waals surface area contributed by atoms with Gasteiger partial charge in [0.15, 0.2) is 5.16 Å². The number of thioether (sulfide) groups is 1. The van der Waals surface area contributed by atoms with Gasteiger partial charge in [-0.15, -0.1) is 0 Å². The molecule has 0 aliphatic heterocycles. The number of H-pyrrole nitrogens is 1. The van der Waals surface area contributed by atoms with Gasteiger partial charge in [0.05, 0.1) is 5.39 Å². The second kappa shape index (κ2) is 5.32. The molecule has 0 spiro atoms. The van der Waals surface area contributed by atoms with E-state index < -0.39 is 0 Å². The second-order valence-corrected chi connectivity index (χ2v) is 4.91. The molecule has 0 aliphatic carbocycles. The maximum Gasteiger partial charge on any atom is 0.191 e. The van der Waals surface area contributed by atoms with Gasteiger partial charge in [0, 0.05) is 12.7 Å². The van der Waals surface area contributed by atoms with E-state index in [1.165, 1.54) is 5.56 Å². The third-order valence-corrected chi connectivity index (χ3v) is 3.43. The highest BCUT2D eigenvalue weighted by atomic mass is 32.2. The lowest BCUT2D eigenvalue weighted by atomic mass is 10.2. The van der Waals surface area contributed by atoms with E-state index in [1.54, 1.807) is 11.8 Å². The molecule has 96 valence electrons. The van der Waals surface area contributed by atoms with Crippen molar-refractivity contribution in [3.63, 3.8) is 0 Å². The molecule has 0 fully saturated rings. The molecule has 1 aromatic carbocycles. The molecule has 0 radical (unpaired) electrons. The van der Waals surface area contributed by atoms with Crippen LogP contribution in [-0.4, -0.2) is 21.2 Å². The van der Waals surface area contributed by atoms with Crippen LogP contribution in [0.3, 0.4) is 0 Å². The molecule has 3 aromatic rings. The Morgan fingerprint density at radius 1 is 1.16 bits per heavy atom. The number of aromatic amines is 1. The lowest BCUT2D eigenvalue weighted by molar-refractivity contribution is 0.982. The minimum Gasteiger partial charge on any atom is -0.365 e. The van der Waals surface area contributed by atoms with Crippen molar-refractivity contribution in [3.05, 3.63) is 48.2 Å². The highest BCUT2D eigenvalue weighted by molar-refractivity contribution is 7.98. The predicted octanol–water partition coefficient (Wildman–Crippen LogP) is 3.29. The van der Waals surface area contributed by atoms with Gasteiger partial charge in [-0.1, -0.05) is 42.1 Å². The zero-order valence-electron chi connectivity index (χ0n) is 10.6. The maximum absolute atomic E-state index is 4.53. The number of nitrogens with one attached hydrogen (secondary N) is 2. The molecule has 0 aliphatic rings. The van der Waals surface area contributed by atoms with E-state index in [4.69, 9.17) is 0 Å². The lowest BCUT2D eigenvalue weighted by Crippen LogP contribution is -2.03. The molecule has 0 amide bonds. The predicted molar refractivity (Wildman–Crippen MR) is 79.4 cm³/mol. The van der Waals surface area contributed by atoms with Crippen molar-refractivity contribution >= 4 is 28.6 Å². The zero-order valence-corrected chi connectivity index (χ0v) is 11.4. The molecule has 0 saturated carbocycles. The van der Waals surface area contributed by atoms with Crippen molar-refractivity contribution in [3.8, 4) is 0 Å². The minimum absolute atomic E-state index is 0.756. The van der Waals surface area contributed by atoms with Crippen molar-refractivity contribution in [2.24, 2.45) is 0 Å². The fraction of sp³-hybridized carbons (Fsp3) is 0.143. The van der Waals surface area contributed by atoms with E-state index in [0.29, 0.717) is 0 Å². The van der Waals surface area contributed by atoms with Crippen molar-refractivity contribution in [2.75, 3.05) is 11.6 Å². The Bertz CT molecular complexity index is 678. The largest absolute Gasteiger partial charge is 0.365 e. The monoisotopic (exact) mass is 270 g/mol. The van der Waals surface area contributed by atoms with Gasteiger partial charge >= 0.3 is 0 Å². The number of rotatable bonds is 4. The summed E-state index contributed by atoms with van der Waals surface area (Å²) in [4.78, 5) is 12.1. The van der Waals surface area contributed by atoms with Gasteiger partial charge in [-0.05, 0) is 17.9 Å². The summed E-state index contributed by atoms with van der Waals surface area (Å²) in [6.07, 6.45) is 3.86. The topological polar surface area (TPSA) is 53.6 Å². The molecule has 0 atom stereocenters. The van der Waals surface area contributed by atoms with Crippen molar-refractivity contribution in [1.29, 1.82) is 0 Å². The smallest absolute Gasteiger partial charge is 0.191 e. The molecule has 0 unspecified atom stereocenters. The fourth-order valence-electron chi connectivity index (χ4n) is 1.93. The third-order valence-electron chi connectivity index (χ3n) is 2.88. The Labute approximate surface area is 115 Å². The first-order chi connectivity index (χ1) is 9.36.